The van der Waals surface area contributed by atoms with Gasteiger partial charge in [0.05, 0.1) is 36.7 Å². The van der Waals surface area contributed by atoms with Crippen LogP contribution < -0.4 is 0 Å². The van der Waals surface area contributed by atoms with E-state index >= 15 is 0 Å². The highest BCUT2D eigenvalue weighted by Crippen LogP contribution is 2.15. The molecule has 5 nitrogen and oxygen atoms in total. The molecule has 2 aromatic rings. The highest BCUT2D eigenvalue weighted by atomic mass is 16.5. The second-order valence-electron chi connectivity index (χ2n) is 5.50. The summed E-state index contributed by atoms with van der Waals surface area (Å²) in [5.74, 6) is 0.958. The predicted octanol–water partition coefficient (Wildman–Crippen LogP) is 2.35. The summed E-state index contributed by atoms with van der Waals surface area (Å²) < 4.78 is 7.45. The summed E-state index contributed by atoms with van der Waals surface area (Å²) in [5.41, 5.74) is 2.04. The molecule has 0 N–H and O–H groups in total. The number of rotatable bonds is 6. The molecule has 2 rings (SSSR count). The van der Waals surface area contributed by atoms with Gasteiger partial charge in [-0.2, -0.15) is 0 Å². The Morgan fingerprint density at radius 3 is 2.76 bits per heavy atom. The van der Waals surface area contributed by atoms with Gasteiger partial charge in [0.15, 0.2) is 0 Å². The summed E-state index contributed by atoms with van der Waals surface area (Å²) in [7, 11) is 3.78. The van der Waals surface area contributed by atoms with E-state index in [2.05, 4.69) is 4.98 Å². The highest BCUT2D eigenvalue weighted by Gasteiger charge is 2.14. The Morgan fingerprint density at radius 1 is 1.38 bits per heavy atom. The minimum Gasteiger partial charge on any atom is -0.378 e. The SMILES string of the molecule is CC(C)OCCC(=O)N(C)Cc1nc2ccccc2n1C. The number of amides is 1. The van der Waals surface area contributed by atoms with Gasteiger partial charge in [-0.15, -0.1) is 0 Å². The smallest absolute Gasteiger partial charge is 0.225 e. The maximum atomic E-state index is 12.1. The number of aromatic nitrogens is 2. The molecule has 0 radical (unpaired) electrons. The Kier molecular flexibility index (Phi) is 4.96. The van der Waals surface area contributed by atoms with Gasteiger partial charge >= 0.3 is 0 Å². The molecule has 0 atom stereocenters. The van der Waals surface area contributed by atoms with E-state index in [4.69, 9.17) is 4.74 Å². The van der Waals surface area contributed by atoms with Crippen molar-refractivity contribution in [3.8, 4) is 0 Å². The Labute approximate surface area is 125 Å². The van der Waals surface area contributed by atoms with Gasteiger partial charge in [-0.3, -0.25) is 4.79 Å². The number of hydrogen-bond acceptors (Lipinski definition) is 3. The normalized spacial score (nSPS) is 11.3. The second-order valence-corrected chi connectivity index (χ2v) is 5.50. The zero-order chi connectivity index (χ0) is 15.4. The fourth-order valence-electron chi connectivity index (χ4n) is 2.21. The van der Waals surface area contributed by atoms with E-state index in [-0.39, 0.29) is 12.0 Å². The average molecular weight is 289 g/mol. The van der Waals surface area contributed by atoms with E-state index in [0.29, 0.717) is 19.6 Å². The summed E-state index contributed by atoms with van der Waals surface area (Å²) in [6, 6.07) is 7.98. The van der Waals surface area contributed by atoms with Crippen LogP contribution in [0.4, 0.5) is 0 Å². The van der Waals surface area contributed by atoms with Crippen LogP contribution in [0.5, 0.6) is 0 Å². The molecule has 21 heavy (non-hydrogen) atoms. The number of benzene rings is 1. The van der Waals surface area contributed by atoms with Gasteiger partial charge in [-0.25, -0.2) is 4.98 Å². The molecule has 1 amide bonds. The fraction of sp³-hybridized carbons (Fsp3) is 0.500. The van der Waals surface area contributed by atoms with E-state index < -0.39 is 0 Å². The molecule has 1 aromatic heterocycles. The number of hydrogen-bond donors (Lipinski definition) is 0. The Hall–Kier alpha value is -1.88. The van der Waals surface area contributed by atoms with Crippen molar-refractivity contribution < 1.29 is 9.53 Å². The molecular weight excluding hydrogens is 266 g/mol. The standard InChI is InChI=1S/C16H23N3O2/c1-12(2)21-10-9-16(20)18(3)11-15-17-13-7-5-6-8-14(13)19(15)4/h5-8,12H,9-11H2,1-4H3. The first kappa shape index (κ1) is 15.5. The summed E-state index contributed by atoms with van der Waals surface area (Å²) in [5, 5.41) is 0. The van der Waals surface area contributed by atoms with Crippen molar-refractivity contribution in [1.29, 1.82) is 0 Å². The first-order valence-corrected chi connectivity index (χ1v) is 7.25. The quantitative estimate of drug-likeness (QED) is 0.820. The highest BCUT2D eigenvalue weighted by molar-refractivity contribution is 5.77. The lowest BCUT2D eigenvalue weighted by atomic mass is 10.3. The van der Waals surface area contributed by atoms with E-state index in [1.807, 2.05) is 49.7 Å². The lowest BCUT2D eigenvalue weighted by Crippen LogP contribution is -2.28. The monoisotopic (exact) mass is 289 g/mol. The van der Waals surface area contributed by atoms with Crippen molar-refractivity contribution in [3.63, 3.8) is 0 Å². The van der Waals surface area contributed by atoms with Crippen LogP contribution in [-0.4, -0.2) is 40.1 Å². The van der Waals surface area contributed by atoms with Gasteiger partial charge in [-0.05, 0) is 26.0 Å². The van der Waals surface area contributed by atoms with Gasteiger partial charge in [0, 0.05) is 14.1 Å². The molecule has 0 aliphatic carbocycles. The molecule has 114 valence electrons. The summed E-state index contributed by atoms with van der Waals surface area (Å²) in [6.45, 7) is 4.90. The number of ether oxygens (including phenoxy) is 1. The molecule has 1 aromatic carbocycles. The summed E-state index contributed by atoms with van der Waals surface area (Å²) >= 11 is 0. The van der Waals surface area contributed by atoms with Gasteiger partial charge in [0.1, 0.15) is 5.82 Å². The van der Waals surface area contributed by atoms with Crippen LogP contribution in [0.1, 0.15) is 26.1 Å². The van der Waals surface area contributed by atoms with Crippen LogP contribution in [0.2, 0.25) is 0 Å². The Bertz CT molecular complexity index is 619. The van der Waals surface area contributed by atoms with Gasteiger partial charge in [0.25, 0.3) is 0 Å². The third-order valence-electron chi connectivity index (χ3n) is 3.45. The van der Waals surface area contributed by atoms with Crippen molar-refractivity contribution in [2.75, 3.05) is 13.7 Å². The van der Waals surface area contributed by atoms with Crippen LogP contribution in [-0.2, 0) is 23.1 Å². The summed E-state index contributed by atoms with van der Waals surface area (Å²) in [6.07, 6.45) is 0.557. The van der Waals surface area contributed by atoms with Crippen LogP contribution in [0.25, 0.3) is 11.0 Å². The topological polar surface area (TPSA) is 47.4 Å². The molecule has 0 aliphatic heterocycles. The van der Waals surface area contributed by atoms with E-state index in [1.54, 1.807) is 11.9 Å². The van der Waals surface area contributed by atoms with E-state index in [9.17, 15) is 4.79 Å². The number of carbonyl (C=O) groups is 1. The average Bonchev–Trinajstić information content (AvgIpc) is 2.75. The maximum absolute atomic E-state index is 12.1. The minimum absolute atomic E-state index is 0.0720. The lowest BCUT2D eigenvalue weighted by Gasteiger charge is -2.17. The Balaban J connectivity index is 1.99. The van der Waals surface area contributed by atoms with Crippen LogP contribution in [0.15, 0.2) is 24.3 Å². The minimum atomic E-state index is 0.0720. The van der Waals surface area contributed by atoms with Crippen molar-refractivity contribution in [2.45, 2.75) is 32.9 Å². The van der Waals surface area contributed by atoms with Gasteiger partial charge in [-0.1, -0.05) is 12.1 Å². The second kappa shape index (κ2) is 6.72. The van der Waals surface area contributed by atoms with E-state index in [0.717, 1.165) is 16.9 Å². The first-order chi connectivity index (χ1) is 9.99. The number of imidazole rings is 1. The molecule has 0 aliphatic rings. The van der Waals surface area contributed by atoms with Crippen LogP contribution in [0, 0.1) is 0 Å². The number of carbonyl (C=O) groups excluding carboxylic acids is 1. The Morgan fingerprint density at radius 2 is 2.10 bits per heavy atom. The van der Waals surface area contributed by atoms with Crippen molar-refractivity contribution >= 4 is 16.9 Å². The first-order valence-electron chi connectivity index (χ1n) is 7.25. The maximum Gasteiger partial charge on any atom is 0.225 e. The molecule has 0 spiro atoms. The molecule has 1 heterocycles. The molecule has 0 fully saturated rings. The summed E-state index contributed by atoms with van der Waals surface area (Å²) in [4.78, 5) is 18.3. The van der Waals surface area contributed by atoms with E-state index in [1.165, 1.54) is 0 Å². The van der Waals surface area contributed by atoms with Gasteiger partial charge < -0.3 is 14.2 Å². The largest absolute Gasteiger partial charge is 0.378 e. The third-order valence-corrected chi connectivity index (χ3v) is 3.45. The third kappa shape index (κ3) is 3.82. The van der Waals surface area contributed by atoms with Crippen molar-refractivity contribution in [2.24, 2.45) is 7.05 Å². The van der Waals surface area contributed by atoms with Gasteiger partial charge in [0.2, 0.25) is 5.91 Å². The predicted molar refractivity (Wildman–Crippen MR) is 82.9 cm³/mol. The zero-order valence-electron chi connectivity index (χ0n) is 13.2. The molecule has 0 saturated heterocycles. The molecule has 0 saturated carbocycles. The molecule has 0 bridgehead atoms. The number of nitrogens with zero attached hydrogens (tertiary/aromatic N) is 3. The zero-order valence-corrected chi connectivity index (χ0v) is 13.2. The molecule has 5 heteroatoms. The van der Waals surface area contributed by atoms with Crippen molar-refractivity contribution in [1.82, 2.24) is 14.5 Å². The molecule has 0 unspecified atom stereocenters. The van der Waals surface area contributed by atoms with Crippen LogP contribution >= 0.6 is 0 Å². The lowest BCUT2D eigenvalue weighted by molar-refractivity contribution is -0.132. The number of para-hydroxylation sites is 2. The number of aryl methyl sites for hydroxylation is 1. The molecular formula is C16H23N3O2. The van der Waals surface area contributed by atoms with Crippen LogP contribution in [0.3, 0.4) is 0 Å². The number of fused-ring (bicyclic) bond motifs is 1. The van der Waals surface area contributed by atoms with Crippen molar-refractivity contribution in [3.05, 3.63) is 30.1 Å². The fourth-order valence-corrected chi connectivity index (χ4v) is 2.21.